The van der Waals surface area contributed by atoms with Crippen molar-refractivity contribution in [1.29, 1.82) is 0 Å². The molecule has 0 aliphatic carbocycles. The molecule has 0 saturated heterocycles. The second-order valence-corrected chi connectivity index (χ2v) is 10.3. The van der Waals surface area contributed by atoms with E-state index >= 15 is 0 Å². The molecule has 5 rings (SSSR count). The standard InChI is InChI=1S/C26H30ClN5O3/c1-26(12-23(33)34)15-32(21-7-5-4-6-18(21)26)24-19(27)13-28-25(30-24)29-20-10-17-14-31(2)9-8-16(17)11-22(20)35-3/h4-7,10-11,19H,8-9,12-15H2,1-3H3,(H,28,29)(H,33,34). The van der Waals surface area contributed by atoms with Gasteiger partial charge in [0.25, 0.3) is 0 Å². The number of halogens is 1. The van der Waals surface area contributed by atoms with Crippen molar-refractivity contribution in [2.45, 2.75) is 37.1 Å². The maximum atomic E-state index is 11.6. The third-order valence-electron chi connectivity index (χ3n) is 7.04. The number of benzene rings is 2. The number of para-hydroxylation sites is 1. The summed E-state index contributed by atoms with van der Waals surface area (Å²) in [7, 11) is 3.78. The van der Waals surface area contributed by atoms with E-state index < -0.39 is 16.8 Å². The highest BCUT2D eigenvalue weighted by Gasteiger charge is 2.43. The van der Waals surface area contributed by atoms with Gasteiger partial charge < -0.3 is 25.0 Å². The van der Waals surface area contributed by atoms with Gasteiger partial charge in [-0.1, -0.05) is 25.1 Å². The van der Waals surface area contributed by atoms with Crippen LogP contribution in [0.1, 0.15) is 30.0 Å². The first kappa shape index (κ1) is 23.6. The fourth-order valence-electron chi connectivity index (χ4n) is 5.30. The molecule has 0 radical (unpaired) electrons. The van der Waals surface area contributed by atoms with Crippen molar-refractivity contribution in [2.75, 3.05) is 44.0 Å². The lowest BCUT2D eigenvalue weighted by molar-refractivity contribution is -0.138. The Balaban J connectivity index is 1.46. The van der Waals surface area contributed by atoms with Crippen LogP contribution >= 0.6 is 11.6 Å². The molecule has 3 heterocycles. The summed E-state index contributed by atoms with van der Waals surface area (Å²) in [6.07, 6.45) is 1.02. The number of hydrogen-bond donors (Lipinski definition) is 2. The number of carbonyl (C=O) groups is 1. The van der Waals surface area contributed by atoms with E-state index in [4.69, 9.17) is 21.3 Å². The van der Waals surface area contributed by atoms with Gasteiger partial charge in [0.2, 0.25) is 5.96 Å². The van der Waals surface area contributed by atoms with Crippen molar-refractivity contribution in [3.05, 3.63) is 53.1 Å². The maximum Gasteiger partial charge on any atom is 0.304 e. The summed E-state index contributed by atoms with van der Waals surface area (Å²) in [5, 5.41) is 12.5. The fraction of sp³-hybridized carbons (Fsp3) is 0.423. The molecule has 0 spiro atoms. The fourth-order valence-corrected chi connectivity index (χ4v) is 5.54. The van der Waals surface area contributed by atoms with Crippen LogP contribution in [0.3, 0.4) is 0 Å². The molecule has 2 aromatic carbocycles. The lowest BCUT2D eigenvalue weighted by Gasteiger charge is -2.29. The summed E-state index contributed by atoms with van der Waals surface area (Å²) in [6.45, 7) is 4.74. The molecule has 8 nitrogen and oxygen atoms in total. The summed E-state index contributed by atoms with van der Waals surface area (Å²) in [5.41, 5.74) is 4.76. The number of hydrogen-bond acceptors (Lipinski definition) is 7. The number of amidine groups is 1. The lowest BCUT2D eigenvalue weighted by Crippen LogP contribution is -2.43. The van der Waals surface area contributed by atoms with Gasteiger partial charge in [0.05, 0.1) is 25.8 Å². The number of carboxylic acid groups (broad SMARTS) is 1. The van der Waals surface area contributed by atoms with Gasteiger partial charge in [-0.2, -0.15) is 4.99 Å². The smallest absolute Gasteiger partial charge is 0.304 e. The number of methoxy groups -OCH3 is 1. The van der Waals surface area contributed by atoms with Crippen molar-refractivity contribution in [2.24, 2.45) is 9.98 Å². The second-order valence-electron chi connectivity index (χ2n) is 9.77. The van der Waals surface area contributed by atoms with Crippen molar-refractivity contribution in [3.63, 3.8) is 0 Å². The molecule has 35 heavy (non-hydrogen) atoms. The summed E-state index contributed by atoms with van der Waals surface area (Å²) in [6, 6.07) is 12.1. The number of aliphatic carboxylic acids is 1. The van der Waals surface area contributed by atoms with Crippen molar-refractivity contribution < 1.29 is 14.6 Å². The highest BCUT2D eigenvalue weighted by molar-refractivity contribution is 6.36. The van der Waals surface area contributed by atoms with Crippen molar-refractivity contribution >= 4 is 40.7 Å². The zero-order valence-corrected chi connectivity index (χ0v) is 21.0. The number of anilines is 2. The van der Waals surface area contributed by atoms with E-state index in [1.54, 1.807) is 7.11 Å². The number of nitrogens with one attached hydrogen (secondary N) is 1. The summed E-state index contributed by atoms with van der Waals surface area (Å²) >= 11 is 6.71. The van der Waals surface area contributed by atoms with Gasteiger partial charge in [0, 0.05) is 30.7 Å². The number of nitrogens with zero attached hydrogens (tertiary/aromatic N) is 4. The first-order valence-corrected chi connectivity index (χ1v) is 12.2. The third-order valence-corrected chi connectivity index (χ3v) is 7.38. The molecule has 9 heteroatoms. The molecule has 0 aromatic heterocycles. The van der Waals surface area contributed by atoms with Gasteiger partial charge in [-0.15, -0.1) is 11.6 Å². The SMILES string of the molecule is COc1cc2c(cc1NC1=NCC(Cl)C(N3CC(C)(CC(=O)O)c4ccccc43)=N1)CN(C)CC2. The average Bonchev–Trinajstić information content (AvgIpc) is 3.11. The van der Waals surface area contributed by atoms with E-state index in [0.717, 1.165) is 42.2 Å². The van der Waals surface area contributed by atoms with E-state index in [1.165, 1.54) is 11.1 Å². The summed E-state index contributed by atoms with van der Waals surface area (Å²) < 4.78 is 5.67. The van der Waals surface area contributed by atoms with Gasteiger partial charge in [0.1, 0.15) is 17.0 Å². The van der Waals surface area contributed by atoms with Crippen LogP contribution in [0.2, 0.25) is 0 Å². The zero-order chi connectivity index (χ0) is 24.7. The normalized spacial score (nSPS) is 23.8. The third kappa shape index (κ3) is 4.48. The Morgan fingerprint density at radius 2 is 2.11 bits per heavy atom. The minimum atomic E-state index is -0.828. The molecule has 0 bridgehead atoms. The molecule has 2 aromatic rings. The number of rotatable bonds is 4. The molecule has 0 fully saturated rings. The number of aliphatic imine (C=N–C) groups is 2. The van der Waals surface area contributed by atoms with E-state index in [9.17, 15) is 9.90 Å². The van der Waals surface area contributed by atoms with Crippen molar-refractivity contribution in [3.8, 4) is 5.75 Å². The Kier molecular flexibility index (Phi) is 6.19. The van der Waals surface area contributed by atoms with E-state index in [-0.39, 0.29) is 6.42 Å². The largest absolute Gasteiger partial charge is 0.495 e. The number of guanidine groups is 1. The van der Waals surface area contributed by atoms with Crippen LogP contribution in [0, 0.1) is 0 Å². The Labute approximate surface area is 210 Å². The highest BCUT2D eigenvalue weighted by atomic mass is 35.5. The van der Waals surface area contributed by atoms with Crippen LogP contribution in [0.25, 0.3) is 0 Å². The molecule has 0 saturated carbocycles. The molecule has 2 atom stereocenters. The Hall–Kier alpha value is -3.10. The summed E-state index contributed by atoms with van der Waals surface area (Å²) in [5.74, 6) is 1.05. The minimum Gasteiger partial charge on any atom is -0.495 e. The van der Waals surface area contributed by atoms with Crippen LogP contribution in [-0.4, -0.2) is 66.9 Å². The molecule has 2 unspecified atom stereocenters. The van der Waals surface area contributed by atoms with Crippen LogP contribution in [-0.2, 0) is 23.2 Å². The number of alkyl halides is 1. The molecule has 3 aliphatic heterocycles. The Morgan fingerprint density at radius 3 is 2.89 bits per heavy atom. The molecular formula is C26H30ClN5O3. The first-order chi connectivity index (χ1) is 16.8. The quantitative estimate of drug-likeness (QED) is 0.628. The van der Waals surface area contributed by atoms with E-state index in [2.05, 4.69) is 34.4 Å². The number of fused-ring (bicyclic) bond motifs is 2. The van der Waals surface area contributed by atoms with Gasteiger partial charge >= 0.3 is 5.97 Å². The highest BCUT2D eigenvalue weighted by Crippen LogP contribution is 2.43. The average molecular weight is 496 g/mol. The van der Waals surface area contributed by atoms with Crippen LogP contribution in [0.15, 0.2) is 46.4 Å². The van der Waals surface area contributed by atoms with E-state index in [0.29, 0.717) is 24.9 Å². The number of ether oxygens (including phenoxy) is 1. The molecule has 184 valence electrons. The Bertz CT molecular complexity index is 1230. The Morgan fingerprint density at radius 1 is 1.31 bits per heavy atom. The maximum absolute atomic E-state index is 11.6. The molecule has 0 amide bonds. The van der Waals surface area contributed by atoms with Crippen LogP contribution < -0.4 is 15.0 Å². The van der Waals surface area contributed by atoms with Crippen LogP contribution in [0.4, 0.5) is 11.4 Å². The first-order valence-electron chi connectivity index (χ1n) is 11.8. The van der Waals surface area contributed by atoms with Gasteiger partial charge in [0.15, 0.2) is 0 Å². The molecule has 2 N–H and O–H groups in total. The van der Waals surface area contributed by atoms with Gasteiger partial charge in [-0.25, -0.2) is 4.99 Å². The topological polar surface area (TPSA) is 89.8 Å². The monoisotopic (exact) mass is 495 g/mol. The van der Waals surface area contributed by atoms with Gasteiger partial charge in [-0.3, -0.25) is 4.79 Å². The number of carboxylic acids is 1. The molecule has 3 aliphatic rings. The van der Waals surface area contributed by atoms with Gasteiger partial charge in [-0.05, 0) is 48.4 Å². The molecular weight excluding hydrogens is 466 g/mol. The lowest BCUT2D eigenvalue weighted by atomic mass is 9.81. The number of likely N-dealkylation sites (N-methyl/N-ethyl adjacent to an activating group) is 1. The van der Waals surface area contributed by atoms with Crippen molar-refractivity contribution in [1.82, 2.24) is 4.90 Å². The predicted molar refractivity (Wildman–Crippen MR) is 139 cm³/mol. The summed E-state index contributed by atoms with van der Waals surface area (Å²) in [4.78, 5) is 25.4. The van der Waals surface area contributed by atoms with Crippen LogP contribution in [0.5, 0.6) is 5.75 Å². The zero-order valence-electron chi connectivity index (χ0n) is 20.2. The second kappa shape index (κ2) is 9.17. The predicted octanol–water partition coefficient (Wildman–Crippen LogP) is 3.72. The van der Waals surface area contributed by atoms with E-state index in [1.807, 2.05) is 36.1 Å². The minimum absolute atomic E-state index is 0.0285.